The van der Waals surface area contributed by atoms with Gasteiger partial charge in [0, 0.05) is 18.1 Å². The summed E-state index contributed by atoms with van der Waals surface area (Å²) in [7, 11) is 0. The molecule has 0 amide bonds. The average Bonchev–Trinajstić information content (AvgIpc) is 2.91. The van der Waals surface area contributed by atoms with Crippen LogP contribution in [0.1, 0.15) is 23.6 Å². The highest BCUT2D eigenvalue weighted by Gasteiger charge is 2.13. The van der Waals surface area contributed by atoms with Crippen molar-refractivity contribution in [3.63, 3.8) is 0 Å². The van der Waals surface area contributed by atoms with Crippen molar-refractivity contribution in [3.05, 3.63) is 71.2 Å². The van der Waals surface area contributed by atoms with E-state index in [0.29, 0.717) is 6.54 Å². The van der Waals surface area contributed by atoms with E-state index in [4.69, 9.17) is 5.73 Å². The van der Waals surface area contributed by atoms with Crippen LogP contribution in [-0.2, 0) is 25.8 Å². The monoisotopic (exact) mass is 310 g/mol. The number of hydrogen-bond donors (Lipinski definition) is 1. The summed E-state index contributed by atoms with van der Waals surface area (Å²) >= 11 is 0. The number of nitrogens with two attached hydrogens (primary N) is 1. The summed E-state index contributed by atoms with van der Waals surface area (Å²) in [6.45, 7) is 3.53. The molecular formula is C20H23FN2. The van der Waals surface area contributed by atoms with Gasteiger partial charge in [0.05, 0.1) is 5.52 Å². The van der Waals surface area contributed by atoms with Gasteiger partial charge in [0.25, 0.3) is 0 Å². The molecule has 0 atom stereocenters. The Kier molecular flexibility index (Phi) is 4.77. The largest absolute Gasteiger partial charge is 0.347 e. The van der Waals surface area contributed by atoms with Crippen LogP contribution in [-0.4, -0.2) is 11.1 Å². The van der Waals surface area contributed by atoms with Crippen LogP contribution in [0.4, 0.5) is 4.39 Å². The number of aryl methyl sites for hydroxylation is 3. The van der Waals surface area contributed by atoms with Gasteiger partial charge in [0.15, 0.2) is 0 Å². The predicted octanol–water partition coefficient (Wildman–Crippen LogP) is 4.09. The van der Waals surface area contributed by atoms with Crippen molar-refractivity contribution in [1.82, 2.24) is 4.57 Å². The van der Waals surface area contributed by atoms with Gasteiger partial charge in [-0.2, -0.15) is 0 Å². The van der Waals surface area contributed by atoms with Crippen molar-refractivity contribution in [1.29, 1.82) is 0 Å². The lowest BCUT2D eigenvalue weighted by molar-refractivity contribution is 0.626. The number of fused-ring (bicyclic) bond motifs is 1. The van der Waals surface area contributed by atoms with Gasteiger partial charge >= 0.3 is 0 Å². The highest BCUT2D eigenvalue weighted by atomic mass is 19.1. The molecule has 1 heterocycles. The first-order chi connectivity index (χ1) is 11.2. The summed E-state index contributed by atoms with van der Waals surface area (Å²) in [6, 6.07) is 13.7. The molecule has 23 heavy (non-hydrogen) atoms. The Morgan fingerprint density at radius 2 is 1.78 bits per heavy atom. The molecule has 3 heteroatoms. The fourth-order valence-corrected chi connectivity index (χ4v) is 3.29. The predicted molar refractivity (Wildman–Crippen MR) is 94.2 cm³/mol. The lowest BCUT2D eigenvalue weighted by atomic mass is 9.98. The topological polar surface area (TPSA) is 30.9 Å². The number of hydrogen-bond acceptors (Lipinski definition) is 1. The van der Waals surface area contributed by atoms with Crippen LogP contribution >= 0.6 is 0 Å². The molecule has 0 aliphatic heterocycles. The van der Waals surface area contributed by atoms with Crippen molar-refractivity contribution in [2.45, 2.75) is 32.7 Å². The van der Waals surface area contributed by atoms with E-state index in [0.717, 1.165) is 36.9 Å². The van der Waals surface area contributed by atoms with Gasteiger partial charge in [-0.25, -0.2) is 4.39 Å². The molecule has 0 bridgehead atoms. The molecule has 3 rings (SSSR count). The minimum atomic E-state index is -0.160. The summed E-state index contributed by atoms with van der Waals surface area (Å²) in [5, 5.41) is 1.19. The van der Waals surface area contributed by atoms with E-state index in [1.165, 1.54) is 16.5 Å². The molecular weight excluding hydrogens is 287 g/mol. The van der Waals surface area contributed by atoms with Crippen molar-refractivity contribution in [2.75, 3.05) is 6.54 Å². The van der Waals surface area contributed by atoms with E-state index < -0.39 is 0 Å². The first-order valence-corrected chi connectivity index (χ1v) is 8.27. The standard InChI is InChI=1S/C20H23FN2/c1-2-23-14-17(10-11-22)20-16(12-18(21)13-19(20)23)9-8-15-6-4-3-5-7-15/h3-7,12-14H,2,8-11,22H2,1H3. The second-order valence-electron chi connectivity index (χ2n) is 5.92. The molecule has 0 spiro atoms. The molecule has 2 nitrogen and oxygen atoms in total. The Bertz CT molecular complexity index is 790. The smallest absolute Gasteiger partial charge is 0.125 e. The maximum absolute atomic E-state index is 14.1. The third-order valence-electron chi connectivity index (χ3n) is 4.39. The molecule has 0 aliphatic rings. The zero-order valence-electron chi connectivity index (χ0n) is 13.6. The molecule has 0 unspecified atom stereocenters. The summed E-state index contributed by atoms with van der Waals surface area (Å²) in [4.78, 5) is 0. The van der Waals surface area contributed by atoms with Crippen LogP contribution in [0.2, 0.25) is 0 Å². The van der Waals surface area contributed by atoms with Crippen molar-refractivity contribution in [2.24, 2.45) is 5.73 Å². The fourth-order valence-electron chi connectivity index (χ4n) is 3.29. The molecule has 0 saturated heterocycles. The van der Waals surface area contributed by atoms with E-state index in [1.54, 1.807) is 12.1 Å². The van der Waals surface area contributed by atoms with Crippen LogP contribution in [0, 0.1) is 5.82 Å². The Morgan fingerprint density at radius 3 is 2.48 bits per heavy atom. The minimum absolute atomic E-state index is 0.160. The number of aromatic nitrogens is 1. The van der Waals surface area contributed by atoms with Crippen LogP contribution in [0.15, 0.2) is 48.7 Å². The molecule has 0 fully saturated rings. The van der Waals surface area contributed by atoms with E-state index in [2.05, 4.69) is 29.8 Å². The van der Waals surface area contributed by atoms with E-state index in [9.17, 15) is 4.39 Å². The van der Waals surface area contributed by atoms with Gasteiger partial charge in [0.1, 0.15) is 5.82 Å². The van der Waals surface area contributed by atoms with Gasteiger partial charge in [-0.05, 0) is 61.6 Å². The Hall–Kier alpha value is -2.13. The summed E-state index contributed by atoms with van der Waals surface area (Å²) in [5.41, 5.74) is 10.3. The lowest BCUT2D eigenvalue weighted by Crippen LogP contribution is -2.03. The van der Waals surface area contributed by atoms with E-state index in [1.807, 2.05) is 18.2 Å². The van der Waals surface area contributed by atoms with Gasteiger partial charge in [-0.15, -0.1) is 0 Å². The quantitative estimate of drug-likeness (QED) is 0.730. The Balaban J connectivity index is 2.02. The first-order valence-electron chi connectivity index (χ1n) is 8.27. The zero-order chi connectivity index (χ0) is 16.2. The third kappa shape index (κ3) is 3.30. The molecule has 0 aliphatic carbocycles. The van der Waals surface area contributed by atoms with Crippen LogP contribution in [0.5, 0.6) is 0 Å². The van der Waals surface area contributed by atoms with E-state index >= 15 is 0 Å². The average molecular weight is 310 g/mol. The van der Waals surface area contributed by atoms with Gasteiger partial charge in [-0.1, -0.05) is 30.3 Å². The van der Waals surface area contributed by atoms with Gasteiger partial charge in [0.2, 0.25) is 0 Å². The maximum Gasteiger partial charge on any atom is 0.125 e. The number of benzene rings is 2. The highest BCUT2D eigenvalue weighted by Crippen LogP contribution is 2.28. The molecule has 120 valence electrons. The molecule has 1 aromatic heterocycles. The summed E-state index contributed by atoms with van der Waals surface area (Å²) in [5.74, 6) is -0.160. The minimum Gasteiger partial charge on any atom is -0.347 e. The van der Waals surface area contributed by atoms with Crippen LogP contribution in [0.3, 0.4) is 0 Å². The van der Waals surface area contributed by atoms with Crippen molar-refractivity contribution in [3.8, 4) is 0 Å². The second kappa shape index (κ2) is 6.97. The van der Waals surface area contributed by atoms with Crippen LogP contribution in [0.25, 0.3) is 10.9 Å². The van der Waals surface area contributed by atoms with E-state index in [-0.39, 0.29) is 5.82 Å². The first kappa shape index (κ1) is 15.8. The third-order valence-corrected chi connectivity index (χ3v) is 4.39. The highest BCUT2D eigenvalue weighted by molar-refractivity contribution is 5.87. The molecule has 0 saturated carbocycles. The van der Waals surface area contributed by atoms with Gasteiger partial charge in [-0.3, -0.25) is 0 Å². The zero-order valence-corrected chi connectivity index (χ0v) is 13.6. The molecule has 2 N–H and O–H groups in total. The molecule has 3 aromatic rings. The van der Waals surface area contributed by atoms with Crippen LogP contribution < -0.4 is 5.73 Å². The van der Waals surface area contributed by atoms with Gasteiger partial charge < -0.3 is 10.3 Å². The Labute approximate surface area is 136 Å². The number of rotatable bonds is 6. The summed E-state index contributed by atoms with van der Waals surface area (Å²) in [6.07, 6.45) is 4.71. The second-order valence-corrected chi connectivity index (χ2v) is 5.92. The van der Waals surface area contributed by atoms with Crippen molar-refractivity contribution >= 4 is 10.9 Å². The maximum atomic E-state index is 14.1. The number of halogens is 1. The molecule has 2 aromatic carbocycles. The summed E-state index contributed by atoms with van der Waals surface area (Å²) < 4.78 is 16.2. The molecule has 0 radical (unpaired) electrons. The Morgan fingerprint density at radius 1 is 1.00 bits per heavy atom. The SMILES string of the molecule is CCn1cc(CCN)c2c(CCc3ccccc3)cc(F)cc21. The normalized spacial score (nSPS) is 11.3. The lowest BCUT2D eigenvalue weighted by Gasteiger charge is -2.08. The fraction of sp³-hybridized carbons (Fsp3) is 0.300. The van der Waals surface area contributed by atoms with Crippen molar-refractivity contribution < 1.29 is 4.39 Å². The number of nitrogens with zero attached hydrogens (tertiary/aromatic N) is 1.